The fraction of sp³-hybridized carbons (Fsp3) is 0.250. The maximum atomic E-state index is 12.2. The van der Waals surface area contributed by atoms with Crippen LogP contribution in [0, 0.1) is 0 Å². The molecule has 1 aliphatic rings. The molecule has 0 fully saturated rings. The zero-order chi connectivity index (χ0) is 19.3. The van der Waals surface area contributed by atoms with Crippen LogP contribution < -0.4 is 9.64 Å². The summed E-state index contributed by atoms with van der Waals surface area (Å²) in [4.78, 5) is 14.0. The van der Waals surface area contributed by atoms with Gasteiger partial charge in [0.1, 0.15) is 5.75 Å². The monoisotopic (exact) mass is 415 g/mol. The first-order chi connectivity index (χ1) is 13.7. The molecular weight excluding hydrogens is 398 g/mol. The standard InChI is InChI=1S/C20H18ClN3O3S/c21-15-7-2-4-9-17(15)26-13-18-22-23-20(27-18)28-11-5-10-24-16-8-3-1-6-14(16)12-19(24)25/h1-4,6-9H,5,10-13H2. The molecule has 2 aromatic carbocycles. The molecule has 0 radical (unpaired) electrons. The zero-order valence-electron chi connectivity index (χ0n) is 15.0. The van der Waals surface area contributed by atoms with E-state index in [0.29, 0.717) is 34.9 Å². The van der Waals surface area contributed by atoms with Crippen molar-refractivity contribution in [3.05, 3.63) is 65.0 Å². The van der Waals surface area contributed by atoms with E-state index in [2.05, 4.69) is 10.2 Å². The lowest BCUT2D eigenvalue weighted by molar-refractivity contribution is -0.117. The Labute approximate surface area is 171 Å². The van der Waals surface area contributed by atoms with Crippen molar-refractivity contribution in [2.75, 3.05) is 17.2 Å². The second kappa shape index (κ2) is 8.67. The Morgan fingerprint density at radius 3 is 2.86 bits per heavy atom. The SMILES string of the molecule is O=C1Cc2ccccc2N1CCCSc1nnc(COc2ccccc2Cl)o1. The van der Waals surface area contributed by atoms with Crippen LogP contribution in [-0.2, 0) is 17.8 Å². The van der Waals surface area contributed by atoms with Gasteiger partial charge in [0.2, 0.25) is 5.91 Å². The third kappa shape index (κ3) is 4.31. The number of carbonyl (C=O) groups is 1. The molecular formula is C20H18ClN3O3S. The molecule has 144 valence electrons. The molecule has 2 heterocycles. The van der Waals surface area contributed by atoms with Crippen molar-refractivity contribution in [1.29, 1.82) is 0 Å². The lowest BCUT2D eigenvalue weighted by Crippen LogP contribution is -2.28. The van der Waals surface area contributed by atoms with Gasteiger partial charge in [-0.25, -0.2) is 0 Å². The van der Waals surface area contributed by atoms with E-state index >= 15 is 0 Å². The van der Waals surface area contributed by atoms with Crippen LogP contribution in [0.2, 0.25) is 5.02 Å². The van der Waals surface area contributed by atoms with E-state index in [-0.39, 0.29) is 12.5 Å². The number of amides is 1. The van der Waals surface area contributed by atoms with Crippen molar-refractivity contribution in [2.45, 2.75) is 24.7 Å². The number of anilines is 1. The number of aromatic nitrogens is 2. The number of hydrogen-bond donors (Lipinski definition) is 0. The van der Waals surface area contributed by atoms with Crippen LogP contribution in [0.4, 0.5) is 5.69 Å². The average molecular weight is 416 g/mol. The van der Waals surface area contributed by atoms with E-state index < -0.39 is 0 Å². The van der Waals surface area contributed by atoms with Crippen LogP contribution in [0.25, 0.3) is 0 Å². The van der Waals surface area contributed by atoms with E-state index in [4.69, 9.17) is 20.8 Å². The number of rotatable bonds is 8. The minimum atomic E-state index is 0.156. The first kappa shape index (κ1) is 18.8. The van der Waals surface area contributed by atoms with Crippen LogP contribution in [0.3, 0.4) is 0 Å². The number of ether oxygens (including phenoxy) is 1. The summed E-state index contributed by atoms with van der Waals surface area (Å²) < 4.78 is 11.2. The maximum Gasteiger partial charge on any atom is 0.276 e. The molecule has 1 aromatic heterocycles. The largest absolute Gasteiger partial charge is 0.482 e. The predicted octanol–water partition coefficient (Wildman–Crippen LogP) is 4.37. The van der Waals surface area contributed by atoms with E-state index in [1.54, 1.807) is 12.1 Å². The molecule has 0 saturated carbocycles. The zero-order valence-corrected chi connectivity index (χ0v) is 16.6. The smallest absolute Gasteiger partial charge is 0.276 e. The fourth-order valence-corrected chi connectivity index (χ4v) is 3.89. The number of para-hydroxylation sites is 2. The number of thioether (sulfide) groups is 1. The highest BCUT2D eigenvalue weighted by Crippen LogP contribution is 2.29. The lowest BCUT2D eigenvalue weighted by Gasteiger charge is -2.16. The van der Waals surface area contributed by atoms with Crippen molar-refractivity contribution in [2.24, 2.45) is 0 Å². The van der Waals surface area contributed by atoms with Gasteiger partial charge >= 0.3 is 0 Å². The van der Waals surface area contributed by atoms with Crippen molar-refractivity contribution in [1.82, 2.24) is 10.2 Å². The topological polar surface area (TPSA) is 68.5 Å². The van der Waals surface area contributed by atoms with Crippen LogP contribution in [0.1, 0.15) is 17.9 Å². The molecule has 28 heavy (non-hydrogen) atoms. The summed E-state index contributed by atoms with van der Waals surface area (Å²) in [6.45, 7) is 0.843. The first-order valence-electron chi connectivity index (χ1n) is 8.91. The maximum absolute atomic E-state index is 12.2. The minimum absolute atomic E-state index is 0.156. The van der Waals surface area contributed by atoms with E-state index in [1.165, 1.54) is 11.8 Å². The van der Waals surface area contributed by atoms with Crippen molar-refractivity contribution in [3.8, 4) is 5.75 Å². The van der Waals surface area contributed by atoms with Crippen LogP contribution in [0.15, 0.2) is 58.2 Å². The van der Waals surface area contributed by atoms with Gasteiger partial charge in [0, 0.05) is 18.0 Å². The molecule has 3 aromatic rings. The number of fused-ring (bicyclic) bond motifs is 1. The number of benzene rings is 2. The van der Waals surface area contributed by atoms with Gasteiger partial charge in [-0.2, -0.15) is 0 Å². The van der Waals surface area contributed by atoms with Gasteiger partial charge in [-0.15, -0.1) is 10.2 Å². The predicted molar refractivity (Wildman–Crippen MR) is 108 cm³/mol. The van der Waals surface area contributed by atoms with E-state index in [1.807, 2.05) is 41.3 Å². The number of hydrogen-bond acceptors (Lipinski definition) is 6. The average Bonchev–Trinajstić information content (AvgIpc) is 3.28. The van der Waals surface area contributed by atoms with Crippen LogP contribution in [-0.4, -0.2) is 28.4 Å². The van der Waals surface area contributed by atoms with Gasteiger partial charge in [-0.05, 0) is 30.2 Å². The first-order valence-corrected chi connectivity index (χ1v) is 10.3. The second-order valence-corrected chi connectivity index (χ2v) is 7.69. The van der Waals surface area contributed by atoms with E-state index in [9.17, 15) is 4.79 Å². The van der Waals surface area contributed by atoms with Gasteiger partial charge in [0.15, 0.2) is 6.61 Å². The molecule has 0 atom stereocenters. The minimum Gasteiger partial charge on any atom is -0.482 e. The second-order valence-electron chi connectivity index (χ2n) is 6.23. The third-order valence-electron chi connectivity index (χ3n) is 4.31. The number of nitrogens with zero attached hydrogens (tertiary/aromatic N) is 3. The summed E-state index contributed by atoms with van der Waals surface area (Å²) in [5.74, 6) is 1.90. The van der Waals surface area contributed by atoms with Gasteiger partial charge < -0.3 is 14.1 Å². The molecule has 0 unspecified atom stereocenters. The van der Waals surface area contributed by atoms with Crippen molar-refractivity contribution >= 4 is 35.0 Å². The Hall–Kier alpha value is -2.51. The van der Waals surface area contributed by atoms with Gasteiger partial charge in [0.25, 0.3) is 11.1 Å². The van der Waals surface area contributed by atoms with Crippen molar-refractivity contribution in [3.63, 3.8) is 0 Å². The Morgan fingerprint density at radius 1 is 1.14 bits per heavy atom. The Bertz CT molecular complexity index is 979. The van der Waals surface area contributed by atoms with Gasteiger partial charge in [0.05, 0.1) is 11.4 Å². The molecule has 1 amide bonds. The van der Waals surface area contributed by atoms with Crippen LogP contribution in [0.5, 0.6) is 5.75 Å². The normalized spacial score (nSPS) is 13.0. The Balaban J connectivity index is 1.23. The Morgan fingerprint density at radius 2 is 1.96 bits per heavy atom. The number of carbonyl (C=O) groups excluding carboxylic acids is 1. The van der Waals surface area contributed by atoms with Gasteiger partial charge in [-0.3, -0.25) is 4.79 Å². The van der Waals surface area contributed by atoms with Crippen LogP contribution >= 0.6 is 23.4 Å². The molecule has 4 rings (SSSR count). The summed E-state index contributed by atoms with van der Waals surface area (Å²) in [6.07, 6.45) is 1.32. The quantitative estimate of drug-likeness (QED) is 0.402. The van der Waals surface area contributed by atoms with E-state index in [0.717, 1.165) is 23.4 Å². The summed E-state index contributed by atoms with van der Waals surface area (Å²) in [5.41, 5.74) is 2.12. The molecule has 0 saturated heterocycles. The third-order valence-corrected chi connectivity index (χ3v) is 5.53. The molecule has 0 spiro atoms. The molecule has 0 aliphatic carbocycles. The molecule has 1 aliphatic heterocycles. The summed E-state index contributed by atoms with van der Waals surface area (Å²) in [6, 6.07) is 15.2. The highest BCUT2D eigenvalue weighted by Gasteiger charge is 2.25. The molecule has 6 nitrogen and oxygen atoms in total. The number of halogens is 1. The van der Waals surface area contributed by atoms with Gasteiger partial charge in [-0.1, -0.05) is 53.7 Å². The molecule has 0 bridgehead atoms. The molecule has 8 heteroatoms. The molecule has 0 N–H and O–H groups in total. The summed E-state index contributed by atoms with van der Waals surface area (Å²) >= 11 is 7.52. The summed E-state index contributed by atoms with van der Waals surface area (Å²) in [7, 11) is 0. The van der Waals surface area contributed by atoms with Crippen molar-refractivity contribution < 1.29 is 13.9 Å². The Kier molecular flexibility index (Phi) is 5.83. The lowest BCUT2D eigenvalue weighted by atomic mass is 10.2. The highest BCUT2D eigenvalue weighted by atomic mass is 35.5. The summed E-state index contributed by atoms with van der Waals surface area (Å²) in [5, 5.41) is 9.04. The highest BCUT2D eigenvalue weighted by molar-refractivity contribution is 7.99. The fourth-order valence-electron chi connectivity index (χ4n) is 3.00.